The van der Waals surface area contributed by atoms with Crippen molar-refractivity contribution < 1.29 is 9.78 Å². The number of Topliss-reactive ketones (excluding diaryl/α,β-unsaturated/α-hetero) is 1. The van der Waals surface area contributed by atoms with Gasteiger partial charge in [0, 0.05) is 11.3 Å². The van der Waals surface area contributed by atoms with Crippen LogP contribution in [0.3, 0.4) is 0 Å². The van der Waals surface area contributed by atoms with Crippen molar-refractivity contribution in [1.29, 1.82) is 0 Å². The monoisotopic (exact) mass is 274 g/mol. The number of nitrogens with two attached hydrogens (primary N) is 2. The molecule has 3 heterocycles. The molecule has 0 unspecified atom stereocenters. The third kappa shape index (κ3) is 1.70. The fourth-order valence-corrected chi connectivity index (χ4v) is 3.15. The van der Waals surface area contributed by atoms with E-state index in [1.807, 2.05) is 13.0 Å². The lowest BCUT2D eigenvalue weighted by Crippen LogP contribution is -2.17. The molecule has 0 amide bonds. The van der Waals surface area contributed by atoms with Crippen molar-refractivity contribution in [3.63, 3.8) is 0 Å². The first-order chi connectivity index (χ1) is 8.97. The van der Waals surface area contributed by atoms with Crippen LogP contribution >= 0.6 is 11.3 Å². The van der Waals surface area contributed by atoms with E-state index < -0.39 is 0 Å². The highest BCUT2D eigenvalue weighted by Crippen LogP contribution is 2.34. The van der Waals surface area contributed by atoms with Crippen LogP contribution < -0.4 is 16.5 Å². The number of aromatic nitrogens is 3. The number of ketones is 1. The number of rotatable bonds is 1. The number of fused-ring (bicyclic) bond motifs is 3. The average Bonchev–Trinajstić information content (AvgIpc) is 2.65. The van der Waals surface area contributed by atoms with Gasteiger partial charge in [0.25, 0.3) is 0 Å². The molecule has 0 bridgehead atoms. The highest BCUT2D eigenvalue weighted by Gasteiger charge is 2.18. The maximum Gasteiger partial charge on any atom is 0.343 e. The molecule has 0 saturated carbocycles. The molecule has 0 aliphatic rings. The molecule has 3 aromatic heterocycles. The molecule has 19 heavy (non-hydrogen) atoms. The number of H-pyrrole nitrogens is 1. The molecular formula is C12H12N5OS+. The molecule has 0 atom stereocenters. The topological polar surface area (TPSA) is 109 Å². The Hall–Kier alpha value is -2.28. The van der Waals surface area contributed by atoms with Crippen molar-refractivity contribution in [2.24, 2.45) is 0 Å². The molecule has 96 valence electrons. The van der Waals surface area contributed by atoms with Gasteiger partial charge in [-0.3, -0.25) is 4.79 Å². The Kier molecular flexibility index (Phi) is 2.39. The minimum atomic E-state index is -0.0188. The van der Waals surface area contributed by atoms with Gasteiger partial charge in [0.05, 0.1) is 5.39 Å². The second-order valence-electron chi connectivity index (χ2n) is 4.35. The van der Waals surface area contributed by atoms with E-state index in [2.05, 4.69) is 15.0 Å². The van der Waals surface area contributed by atoms with Gasteiger partial charge in [-0.15, -0.1) is 16.3 Å². The zero-order valence-electron chi connectivity index (χ0n) is 10.4. The molecular weight excluding hydrogens is 262 g/mol. The number of nitrogens with one attached hydrogen (secondary N) is 1. The van der Waals surface area contributed by atoms with E-state index in [0.29, 0.717) is 22.6 Å². The van der Waals surface area contributed by atoms with Gasteiger partial charge in [0.15, 0.2) is 11.3 Å². The van der Waals surface area contributed by atoms with E-state index in [9.17, 15) is 4.79 Å². The summed E-state index contributed by atoms with van der Waals surface area (Å²) < 4.78 is 0.803. The minimum Gasteiger partial charge on any atom is -0.334 e. The van der Waals surface area contributed by atoms with E-state index in [1.165, 1.54) is 18.3 Å². The number of hydrogen-bond acceptors (Lipinski definition) is 6. The quantitative estimate of drug-likeness (QED) is 0.651. The number of pyridine rings is 1. The van der Waals surface area contributed by atoms with Crippen LogP contribution in [0.2, 0.25) is 0 Å². The highest BCUT2D eigenvalue weighted by atomic mass is 32.1. The van der Waals surface area contributed by atoms with Crippen molar-refractivity contribution in [2.45, 2.75) is 13.8 Å². The van der Waals surface area contributed by atoms with Crippen LogP contribution in [0.25, 0.3) is 20.4 Å². The molecule has 7 heteroatoms. The Morgan fingerprint density at radius 2 is 2.11 bits per heavy atom. The maximum absolute atomic E-state index is 11.6. The van der Waals surface area contributed by atoms with Gasteiger partial charge in [-0.25, -0.2) is 9.97 Å². The Balaban J connectivity index is 2.50. The normalized spacial score (nSPS) is 11.3. The summed E-state index contributed by atoms with van der Waals surface area (Å²) in [6.07, 6.45) is 0. The summed E-state index contributed by atoms with van der Waals surface area (Å²) in [6.45, 7) is 3.34. The molecule has 0 aromatic carbocycles. The first kappa shape index (κ1) is 11.8. The summed E-state index contributed by atoms with van der Waals surface area (Å²) in [6, 6.07) is 1.81. The molecule has 0 radical (unpaired) electrons. The van der Waals surface area contributed by atoms with E-state index in [-0.39, 0.29) is 11.7 Å². The number of anilines is 2. The number of thiophene rings is 1. The zero-order valence-corrected chi connectivity index (χ0v) is 11.3. The van der Waals surface area contributed by atoms with Crippen LogP contribution in [0, 0.1) is 6.92 Å². The first-order valence-corrected chi connectivity index (χ1v) is 6.48. The van der Waals surface area contributed by atoms with Crippen LogP contribution in [0.4, 0.5) is 11.8 Å². The highest BCUT2D eigenvalue weighted by molar-refractivity contribution is 7.25. The predicted molar refractivity (Wildman–Crippen MR) is 75.0 cm³/mol. The van der Waals surface area contributed by atoms with Crippen LogP contribution in [-0.4, -0.2) is 15.8 Å². The molecule has 0 aliphatic heterocycles. The molecule has 3 aromatic rings. The van der Waals surface area contributed by atoms with Gasteiger partial charge in [-0.2, -0.15) is 0 Å². The van der Waals surface area contributed by atoms with E-state index in [1.54, 1.807) is 0 Å². The third-order valence-electron chi connectivity index (χ3n) is 2.97. The van der Waals surface area contributed by atoms with Gasteiger partial charge < -0.3 is 11.5 Å². The largest absolute Gasteiger partial charge is 0.343 e. The smallest absolute Gasteiger partial charge is 0.334 e. The van der Waals surface area contributed by atoms with Gasteiger partial charge in [-0.05, 0) is 19.9 Å². The van der Waals surface area contributed by atoms with Crippen molar-refractivity contribution in [2.75, 3.05) is 11.5 Å². The number of nitrogens with zero attached hydrogens (tertiary/aromatic N) is 2. The molecule has 0 fully saturated rings. The number of carbonyl (C=O) groups excluding carboxylic acids is 1. The fourth-order valence-electron chi connectivity index (χ4n) is 2.09. The van der Waals surface area contributed by atoms with Gasteiger partial charge in [-0.1, -0.05) is 0 Å². The van der Waals surface area contributed by atoms with E-state index >= 15 is 0 Å². The third-order valence-corrected chi connectivity index (χ3v) is 4.09. The van der Waals surface area contributed by atoms with E-state index in [0.717, 1.165) is 14.9 Å². The molecule has 0 spiro atoms. The lowest BCUT2D eigenvalue weighted by molar-refractivity contribution is -0.344. The second kappa shape index (κ2) is 3.86. The van der Waals surface area contributed by atoms with Gasteiger partial charge >= 0.3 is 5.95 Å². The molecule has 0 saturated heterocycles. The zero-order chi connectivity index (χ0) is 13.7. The summed E-state index contributed by atoms with van der Waals surface area (Å²) >= 11 is 1.43. The van der Waals surface area contributed by atoms with Crippen molar-refractivity contribution in [1.82, 2.24) is 9.97 Å². The lowest BCUT2D eigenvalue weighted by atomic mass is 10.1. The predicted octanol–water partition coefficient (Wildman–Crippen LogP) is 1.33. The number of carbonyl (C=O) groups is 1. The van der Waals surface area contributed by atoms with Crippen molar-refractivity contribution in [3.05, 3.63) is 17.3 Å². The average molecular weight is 274 g/mol. The molecule has 5 N–H and O–H groups in total. The van der Waals surface area contributed by atoms with Crippen LogP contribution in [0.5, 0.6) is 0 Å². The number of hydrogen-bond donors (Lipinski definition) is 2. The second-order valence-corrected chi connectivity index (χ2v) is 5.34. The Morgan fingerprint density at radius 1 is 1.37 bits per heavy atom. The Bertz CT molecular complexity index is 839. The fraction of sp³-hybridized carbons (Fsp3) is 0.167. The van der Waals surface area contributed by atoms with Crippen molar-refractivity contribution >= 4 is 49.3 Å². The summed E-state index contributed by atoms with van der Waals surface area (Å²) in [7, 11) is 0. The summed E-state index contributed by atoms with van der Waals surface area (Å²) in [5.41, 5.74) is 13.6. The molecule has 0 aliphatic carbocycles. The Morgan fingerprint density at radius 3 is 2.79 bits per heavy atom. The summed E-state index contributed by atoms with van der Waals surface area (Å²) in [4.78, 5) is 23.9. The number of nitrogen functional groups attached to an aromatic ring is 2. The first-order valence-electron chi connectivity index (χ1n) is 5.66. The van der Waals surface area contributed by atoms with Gasteiger partial charge in [0.1, 0.15) is 9.53 Å². The molecule has 3 rings (SSSR count). The summed E-state index contributed by atoms with van der Waals surface area (Å²) in [5.74, 6) is 0.692. The number of aryl methyl sites for hydroxylation is 1. The minimum absolute atomic E-state index is 0.0188. The SMILES string of the molecule is CC(=O)c1cc2c(nc1C)sc1c(N)[nH+]c(N)nc12. The Labute approximate surface area is 112 Å². The summed E-state index contributed by atoms with van der Waals surface area (Å²) in [5, 5.41) is 0.809. The van der Waals surface area contributed by atoms with Crippen LogP contribution in [-0.2, 0) is 0 Å². The number of aromatic amines is 1. The maximum atomic E-state index is 11.6. The molecule has 6 nitrogen and oxygen atoms in total. The van der Waals surface area contributed by atoms with Crippen LogP contribution in [0.1, 0.15) is 23.0 Å². The van der Waals surface area contributed by atoms with Gasteiger partial charge in [0.2, 0.25) is 5.82 Å². The van der Waals surface area contributed by atoms with Crippen LogP contribution in [0.15, 0.2) is 6.07 Å². The standard InChI is InChI=1S/C12H11N5OS/c1-4-6(5(2)18)3-7-8-9(19-11(7)15-4)10(13)17-12(14)16-8/h3H,1-2H3,(H4,13,14,16,17)/p+1. The lowest BCUT2D eigenvalue weighted by Gasteiger charge is -2.00. The van der Waals surface area contributed by atoms with Crippen molar-refractivity contribution in [3.8, 4) is 0 Å². The van der Waals surface area contributed by atoms with E-state index in [4.69, 9.17) is 11.5 Å².